The molecule has 3 heteroatoms. The van der Waals surface area contributed by atoms with Gasteiger partial charge < -0.3 is 15.8 Å². The number of nitrogens with one attached hydrogen (secondary N) is 1. The first-order valence-corrected chi connectivity index (χ1v) is 6.84. The molecule has 0 aromatic heterocycles. The van der Waals surface area contributed by atoms with E-state index < -0.39 is 0 Å². The summed E-state index contributed by atoms with van der Waals surface area (Å²) in [7, 11) is 1.69. The smallest absolute Gasteiger partial charge is 0.119 e. The van der Waals surface area contributed by atoms with Gasteiger partial charge in [-0.1, -0.05) is 18.2 Å². The molecule has 1 aliphatic heterocycles. The molecule has 0 bridgehead atoms. The van der Waals surface area contributed by atoms with Crippen molar-refractivity contribution in [2.24, 2.45) is 5.73 Å². The van der Waals surface area contributed by atoms with Crippen LogP contribution in [-0.4, -0.2) is 19.7 Å². The molecule has 1 saturated heterocycles. The lowest BCUT2D eigenvalue weighted by Crippen LogP contribution is -2.34. The fourth-order valence-electron chi connectivity index (χ4n) is 2.83. The molecule has 2 unspecified atom stereocenters. The summed E-state index contributed by atoms with van der Waals surface area (Å²) < 4.78 is 5.25. The maximum absolute atomic E-state index is 6.36. The predicted octanol–water partition coefficient (Wildman–Crippen LogP) is 2.60. The van der Waals surface area contributed by atoms with Crippen LogP contribution in [0.3, 0.4) is 0 Å². The van der Waals surface area contributed by atoms with Crippen molar-refractivity contribution >= 4 is 10.8 Å². The second-order valence-electron chi connectivity index (χ2n) is 5.20. The molecule has 1 heterocycles. The maximum Gasteiger partial charge on any atom is 0.119 e. The molecule has 2 aromatic carbocycles. The number of ether oxygens (including phenoxy) is 1. The van der Waals surface area contributed by atoms with Crippen LogP contribution in [0.4, 0.5) is 0 Å². The molecule has 2 atom stereocenters. The summed E-state index contributed by atoms with van der Waals surface area (Å²) in [6.45, 7) is 1.09. The Kier molecular flexibility index (Phi) is 3.40. The van der Waals surface area contributed by atoms with Crippen LogP contribution in [-0.2, 0) is 0 Å². The summed E-state index contributed by atoms with van der Waals surface area (Å²) in [5.74, 6) is 0.891. The molecule has 3 N–H and O–H groups in total. The molecule has 0 amide bonds. The molecule has 100 valence electrons. The number of benzene rings is 2. The quantitative estimate of drug-likeness (QED) is 0.887. The van der Waals surface area contributed by atoms with Gasteiger partial charge >= 0.3 is 0 Å². The second kappa shape index (κ2) is 5.19. The first kappa shape index (κ1) is 12.5. The van der Waals surface area contributed by atoms with Crippen molar-refractivity contribution < 1.29 is 4.74 Å². The number of hydrogen-bond acceptors (Lipinski definition) is 3. The average Bonchev–Trinajstić information content (AvgIpc) is 2.99. The Morgan fingerprint density at radius 3 is 2.74 bits per heavy atom. The van der Waals surface area contributed by atoms with E-state index in [1.807, 2.05) is 6.07 Å². The Bertz CT molecular complexity index is 576. The minimum atomic E-state index is 0.0778. The zero-order valence-electron chi connectivity index (χ0n) is 11.2. The highest BCUT2D eigenvalue weighted by atomic mass is 16.5. The van der Waals surface area contributed by atoms with Crippen molar-refractivity contribution in [2.45, 2.75) is 24.9 Å². The topological polar surface area (TPSA) is 47.3 Å². The molecule has 0 radical (unpaired) electrons. The minimum Gasteiger partial charge on any atom is -0.497 e. The van der Waals surface area contributed by atoms with Gasteiger partial charge in [0, 0.05) is 12.1 Å². The van der Waals surface area contributed by atoms with Crippen LogP contribution in [0.25, 0.3) is 10.8 Å². The highest BCUT2D eigenvalue weighted by Crippen LogP contribution is 2.26. The van der Waals surface area contributed by atoms with Crippen LogP contribution >= 0.6 is 0 Å². The maximum atomic E-state index is 6.36. The van der Waals surface area contributed by atoms with Gasteiger partial charge in [0.2, 0.25) is 0 Å². The van der Waals surface area contributed by atoms with Gasteiger partial charge in [-0.05, 0) is 53.9 Å². The fraction of sp³-hybridized carbons (Fsp3) is 0.375. The van der Waals surface area contributed by atoms with E-state index in [-0.39, 0.29) is 6.04 Å². The molecule has 1 fully saturated rings. The summed E-state index contributed by atoms with van der Waals surface area (Å²) in [5.41, 5.74) is 7.57. The van der Waals surface area contributed by atoms with E-state index in [2.05, 4.69) is 35.6 Å². The first-order chi connectivity index (χ1) is 9.28. The molecular formula is C16H20N2O. The SMILES string of the molecule is COc1ccc2cc(C(N)C3CCCN3)ccc2c1. The number of nitrogens with two attached hydrogens (primary N) is 1. The Hall–Kier alpha value is -1.58. The lowest BCUT2D eigenvalue weighted by atomic mass is 9.96. The third-order valence-electron chi connectivity index (χ3n) is 3.99. The van der Waals surface area contributed by atoms with Crippen molar-refractivity contribution in [3.05, 3.63) is 42.0 Å². The molecule has 0 saturated carbocycles. The third kappa shape index (κ3) is 2.44. The number of hydrogen-bond donors (Lipinski definition) is 2. The monoisotopic (exact) mass is 256 g/mol. The van der Waals surface area contributed by atoms with Gasteiger partial charge in [0.15, 0.2) is 0 Å². The molecule has 1 aliphatic rings. The normalized spacial score (nSPS) is 20.6. The van der Waals surface area contributed by atoms with Crippen LogP contribution in [0.5, 0.6) is 5.75 Å². The van der Waals surface area contributed by atoms with Gasteiger partial charge in [-0.2, -0.15) is 0 Å². The molecule has 2 aromatic rings. The first-order valence-electron chi connectivity index (χ1n) is 6.84. The summed E-state index contributed by atoms with van der Waals surface area (Å²) >= 11 is 0. The van der Waals surface area contributed by atoms with E-state index in [0.29, 0.717) is 6.04 Å². The molecule has 19 heavy (non-hydrogen) atoms. The Morgan fingerprint density at radius 2 is 2.00 bits per heavy atom. The van der Waals surface area contributed by atoms with E-state index in [0.717, 1.165) is 12.3 Å². The van der Waals surface area contributed by atoms with Gasteiger partial charge in [0.05, 0.1) is 7.11 Å². The molecule has 0 spiro atoms. The highest BCUT2D eigenvalue weighted by molar-refractivity contribution is 5.84. The van der Waals surface area contributed by atoms with Crippen molar-refractivity contribution in [2.75, 3.05) is 13.7 Å². The second-order valence-corrected chi connectivity index (χ2v) is 5.20. The third-order valence-corrected chi connectivity index (χ3v) is 3.99. The zero-order chi connectivity index (χ0) is 13.2. The van der Waals surface area contributed by atoms with Crippen LogP contribution in [0.15, 0.2) is 36.4 Å². The fourth-order valence-corrected chi connectivity index (χ4v) is 2.83. The average molecular weight is 256 g/mol. The molecule has 3 nitrogen and oxygen atoms in total. The van der Waals surface area contributed by atoms with Crippen LogP contribution < -0.4 is 15.8 Å². The van der Waals surface area contributed by atoms with Gasteiger partial charge in [-0.3, -0.25) is 0 Å². The summed E-state index contributed by atoms with van der Waals surface area (Å²) in [5, 5.41) is 5.88. The van der Waals surface area contributed by atoms with Gasteiger partial charge in [0.25, 0.3) is 0 Å². The largest absolute Gasteiger partial charge is 0.497 e. The van der Waals surface area contributed by atoms with E-state index in [4.69, 9.17) is 10.5 Å². The predicted molar refractivity (Wildman–Crippen MR) is 78.5 cm³/mol. The lowest BCUT2D eigenvalue weighted by molar-refractivity contribution is 0.415. The molecule has 0 aliphatic carbocycles. The summed E-state index contributed by atoms with van der Waals surface area (Å²) in [6, 6.07) is 13.1. The van der Waals surface area contributed by atoms with E-state index in [1.165, 1.54) is 29.2 Å². The van der Waals surface area contributed by atoms with Crippen molar-refractivity contribution in [1.29, 1.82) is 0 Å². The molecular weight excluding hydrogens is 236 g/mol. The molecule has 3 rings (SSSR count). The van der Waals surface area contributed by atoms with Gasteiger partial charge in [-0.15, -0.1) is 0 Å². The minimum absolute atomic E-state index is 0.0778. The van der Waals surface area contributed by atoms with Crippen molar-refractivity contribution in [3.63, 3.8) is 0 Å². The van der Waals surface area contributed by atoms with Crippen LogP contribution in [0.1, 0.15) is 24.4 Å². The standard InChI is InChI=1S/C16H20N2O/c1-19-14-7-6-11-9-13(5-4-12(11)10-14)16(17)15-3-2-8-18-15/h4-7,9-10,15-16,18H,2-3,8,17H2,1H3. The number of methoxy groups -OCH3 is 1. The van der Waals surface area contributed by atoms with Crippen molar-refractivity contribution in [3.8, 4) is 5.75 Å². The lowest BCUT2D eigenvalue weighted by Gasteiger charge is -2.20. The van der Waals surface area contributed by atoms with E-state index >= 15 is 0 Å². The number of rotatable bonds is 3. The van der Waals surface area contributed by atoms with Crippen molar-refractivity contribution in [1.82, 2.24) is 5.32 Å². The summed E-state index contributed by atoms with van der Waals surface area (Å²) in [4.78, 5) is 0. The Labute approximate surface area is 113 Å². The Balaban J connectivity index is 1.92. The zero-order valence-corrected chi connectivity index (χ0v) is 11.2. The van der Waals surface area contributed by atoms with E-state index in [9.17, 15) is 0 Å². The van der Waals surface area contributed by atoms with Crippen LogP contribution in [0, 0.1) is 0 Å². The van der Waals surface area contributed by atoms with Gasteiger partial charge in [0.1, 0.15) is 5.75 Å². The van der Waals surface area contributed by atoms with Crippen LogP contribution in [0.2, 0.25) is 0 Å². The Morgan fingerprint density at radius 1 is 1.21 bits per heavy atom. The summed E-state index contributed by atoms with van der Waals surface area (Å²) in [6.07, 6.45) is 2.39. The number of fused-ring (bicyclic) bond motifs is 1. The highest BCUT2D eigenvalue weighted by Gasteiger charge is 2.22. The van der Waals surface area contributed by atoms with Gasteiger partial charge in [-0.25, -0.2) is 0 Å². The van der Waals surface area contributed by atoms with E-state index in [1.54, 1.807) is 7.11 Å².